The Morgan fingerprint density at radius 2 is 1.90 bits per heavy atom. The van der Waals surface area contributed by atoms with Crippen LogP contribution in [0.5, 0.6) is 0 Å². The van der Waals surface area contributed by atoms with E-state index in [9.17, 15) is 19.1 Å². The van der Waals surface area contributed by atoms with Crippen molar-refractivity contribution in [3.63, 3.8) is 0 Å². The van der Waals surface area contributed by atoms with Crippen molar-refractivity contribution in [1.29, 1.82) is 0 Å². The lowest BCUT2D eigenvalue weighted by molar-refractivity contribution is -0.143. The van der Waals surface area contributed by atoms with E-state index in [2.05, 4.69) is 4.74 Å². The largest absolute Gasteiger partial charge is 0.481 e. The molecule has 4 nitrogen and oxygen atoms in total. The lowest BCUT2D eigenvalue weighted by Gasteiger charge is -2.25. The Bertz CT molecular complexity index is 559. The molecule has 0 amide bonds. The van der Waals surface area contributed by atoms with Crippen LogP contribution < -0.4 is 0 Å². The summed E-state index contributed by atoms with van der Waals surface area (Å²) in [6, 6.07) is 2.56. The number of carboxylic acid groups (broad SMARTS) is 1. The van der Waals surface area contributed by atoms with Gasteiger partial charge in [0.15, 0.2) is 0 Å². The van der Waals surface area contributed by atoms with E-state index in [-0.39, 0.29) is 11.1 Å². The molecule has 0 atom stereocenters. The number of rotatable bonds is 3. The van der Waals surface area contributed by atoms with Crippen LogP contribution in [0.3, 0.4) is 0 Å². The maximum Gasteiger partial charge on any atom is 0.338 e. The summed E-state index contributed by atoms with van der Waals surface area (Å²) in [6.45, 7) is 1.60. The molecule has 0 heterocycles. The fourth-order valence-electron chi connectivity index (χ4n) is 2.95. The number of hydrogen-bond donors (Lipinski definition) is 1. The normalized spacial score (nSPS) is 16.9. The zero-order valence-electron chi connectivity index (χ0n) is 11.5. The van der Waals surface area contributed by atoms with Crippen LogP contribution in [0, 0.1) is 12.7 Å². The first-order valence-electron chi connectivity index (χ1n) is 6.55. The van der Waals surface area contributed by atoms with Crippen LogP contribution in [0.4, 0.5) is 4.39 Å². The first-order chi connectivity index (χ1) is 9.42. The van der Waals surface area contributed by atoms with Crippen molar-refractivity contribution in [3.8, 4) is 0 Å². The second kappa shape index (κ2) is 5.23. The average Bonchev–Trinajstić information content (AvgIpc) is 2.88. The summed E-state index contributed by atoms with van der Waals surface area (Å²) in [4.78, 5) is 23.3. The zero-order chi connectivity index (χ0) is 14.9. The molecule has 1 N–H and O–H groups in total. The third-order valence-electron chi connectivity index (χ3n) is 4.10. The Labute approximate surface area is 116 Å². The second-order valence-electron chi connectivity index (χ2n) is 5.23. The van der Waals surface area contributed by atoms with Gasteiger partial charge in [0.1, 0.15) is 5.82 Å². The van der Waals surface area contributed by atoms with Gasteiger partial charge in [-0.05, 0) is 37.5 Å². The summed E-state index contributed by atoms with van der Waals surface area (Å²) in [5.41, 5.74) is -0.470. The molecule has 0 unspecified atom stereocenters. The fraction of sp³-hybridized carbons (Fsp3) is 0.467. The van der Waals surface area contributed by atoms with E-state index in [0.29, 0.717) is 18.4 Å². The monoisotopic (exact) mass is 280 g/mol. The summed E-state index contributed by atoms with van der Waals surface area (Å²) < 4.78 is 18.9. The molecular weight excluding hydrogens is 263 g/mol. The Balaban J connectivity index is 2.61. The molecule has 2 rings (SSSR count). The predicted octanol–water partition coefficient (Wildman–Crippen LogP) is 2.82. The third-order valence-corrected chi connectivity index (χ3v) is 4.10. The number of ether oxygens (including phenoxy) is 1. The first kappa shape index (κ1) is 14.5. The van der Waals surface area contributed by atoms with E-state index in [0.717, 1.165) is 12.8 Å². The van der Waals surface area contributed by atoms with Gasteiger partial charge in [0, 0.05) is 5.56 Å². The Morgan fingerprint density at radius 1 is 1.30 bits per heavy atom. The number of carboxylic acids is 1. The number of carbonyl (C=O) groups is 2. The van der Waals surface area contributed by atoms with E-state index in [1.807, 2.05) is 0 Å². The van der Waals surface area contributed by atoms with Gasteiger partial charge in [-0.25, -0.2) is 9.18 Å². The van der Waals surface area contributed by atoms with Crippen molar-refractivity contribution in [2.45, 2.75) is 38.0 Å². The number of methoxy groups -OCH3 is 1. The van der Waals surface area contributed by atoms with Crippen molar-refractivity contribution < 1.29 is 23.8 Å². The van der Waals surface area contributed by atoms with Gasteiger partial charge in [-0.1, -0.05) is 12.8 Å². The van der Waals surface area contributed by atoms with Crippen molar-refractivity contribution >= 4 is 11.9 Å². The summed E-state index contributed by atoms with van der Waals surface area (Å²) in [5.74, 6) is -2.18. The molecule has 0 radical (unpaired) electrons. The SMILES string of the molecule is COC(=O)c1cc(C2(C(=O)O)CCCC2)c(F)cc1C. The fourth-order valence-corrected chi connectivity index (χ4v) is 2.95. The van der Waals surface area contributed by atoms with Gasteiger partial charge in [0.25, 0.3) is 0 Å². The minimum absolute atomic E-state index is 0.0912. The minimum Gasteiger partial charge on any atom is -0.481 e. The number of hydrogen-bond acceptors (Lipinski definition) is 3. The summed E-state index contributed by atoms with van der Waals surface area (Å²) >= 11 is 0. The van der Waals surface area contributed by atoms with Crippen LogP contribution in [-0.4, -0.2) is 24.2 Å². The Morgan fingerprint density at radius 3 is 2.40 bits per heavy atom. The van der Waals surface area contributed by atoms with Gasteiger partial charge in [-0.2, -0.15) is 0 Å². The summed E-state index contributed by atoms with van der Waals surface area (Å²) in [7, 11) is 1.24. The van der Waals surface area contributed by atoms with E-state index in [1.165, 1.54) is 19.2 Å². The predicted molar refractivity (Wildman–Crippen MR) is 70.3 cm³/mol. The highest BCUT2D eigenvalue weighted by Gasteiger charge is 2.45. The van der Waals surface area contributed by atoms with Gasteiger partial charge in [-0.15, -0.1) is 0 Å². The molecule has 1 aliphatic rings. The topological polar surface area (TPSA) is 63.6 Å². The van der Waals surface area contributed by atoms with Gasteiger partial charge < -0.3 is 9.84 Å². The van der Waals surface area contributed by atoms with E-state index in [1.54, 1.807) is 6.92 Å². The molecule has 1 aromatic rings. The molecule has 20 heavy (non-hydrogen) atoms. The lowest BCUT2D eigenvalue weighted by atomic mass is 9.77. The highest BCUT2D eigenvalue weighted by Crippen LogP contribution is 2.43. The Hall–Kier alpha value is -1.91. The molecule has 0 saturated heterocycles. The molecule has 1 saturated carbocycles. The molecule has 0 aromatic heterocycles. The van der Waals surface area contributed by atoms with E-state index >= 15 is 0 Å². The quantitative estimate of drug-likeness (QED) is 0.865. The van der Waals surface area contributed by atoms with Gasteiger partial charge in [0.05, 0.1) is 18.1 Å². The van der Waals surface area contributed by atoms with Crippen molar-refractivity contribution in [2.75, 3.05) is 7.11 Å². The first-order valence-corrected chi connectivity index (χ1v) is 6.55. The van der Waals surface area contributed by atoms with Crippen LogP contribution in [0.15, 0.2) is 12.1 Å². The number of benzene rings is 1. The summed E-state index contributed by atoms with van der Waals surface area (Å²) in [6.07, 6.45) is 2.27. The molecular formula is C15H17FO4. The number of halogens is 1. The summed E-state index contributed by atoms with van der Waals surface area (Å²) in [5, 5.41) is 9.51. The van der Waals surface area contributed by atoms with Crippen LogP contribution in [0.1, 0.15) is 47.2 Å². The number of esters is 1. The van der Waals surface area contributed by atoms with Crippen LogP contribution in [0.2, 0.25) is 0 Å². The molecule has 5 heteroatoms. The third kappa shape index (κ3) is 2.17. The van der Waals surface area contributed by atoms with Crippen LogP contribution in [0.25, 0.3) is 0 Å². The Kier molecular flexibility index (Phi) is 3.79. The van der Waals surface area contributed by atoms with Gasteiger partial charge in [-0.3, -0.25) is 4.79 Å². The standard InChI is InChI=1S/C15H17FO4/c1-9-7-12(16)11(8-10(9)13(17)20-2)15(14(18)19)5-3-4-6-15/h7-8H,3-6H2,1-2H3,(H,18,19). The maximum absolute atomic E-state index is 14.2. The average molecular weight is 280 g/mol. The number of carbonyl (C=O) groups excluding carboxylic acids is 1. The van der Waals surface area contributed by atoms with Crippen molar-refractivity contribution in [2.24, 2.45) is 0 Å². The highest BCUT2D eigenvalue weighted by molar-refractivity contribution is 5.92. The molecule has 0 aliphatic heterocycles. The lowest BCUT2D eigenvalue weighted by Crippen LogP contribution is -2.34. The zero-order valence-corrected chi connectivity index (χ0v) is 11.5. The maximum atomic E-state index is 14.2. The molecule has 108 valence electrons. The second-order valence-corrected chi connectivity index (χ2v) is 5.23. The van der Waals surface area contributed by atoms with Gasteiger partial charge in [0.2, 0.25) is 0 Å². The molecule has 1 fully saturated rings. The smallest absolute Gasteiger partial charge is 0.338 e. The number of aryl methyl sites for hydroxylation is 1. The van der Waals surface area contributed by atoms with Gasteiger partial charge >= 0.3 is 11.9 Å². The minimum atomic E-state index is -1.22. The molecule has 0 spiro atoms. The van der Waals surface area contributed by atoms with Crippen molar-refractivity contribution in [1.82, 2.24) is 0 Å². The van der Waals surface area contributed by atoms with E-state index in [4.69, 9.17) is 0 Å². The molecule has 1 aromatic carbocycles. The van der Waals surface area contributed by atoms with Crippen molar-refractivity contribution in [3.05, 3.63) is 34.6 Å². The molecule has 0 bridgehead atoms. The van der Waals surface area contributed by atoms with Crippen LogP contribution >= 0.6 is 0 Å². The highest BCUT2D eigenvalue weighted by atomic mass is 19.1. The number of aliphatic carboxylic acids is 1. The van der Waals surface area contributed by atoms with Crippen LogP contribution in [-0.2, 0) is 14.9 Å². The van der Waals surface area contributed by atoms with E-state index < -0.39 is 23.2 Å². The molecule has 1 aliphatic carbocycles.